The first-order valence-electron chi connectivity index (χ1n) is 8.14. The number of primary sulfonamides is 1. The lowest BCUT2D eigenvalue weighted by molar-refractivity contribution is -0.138. The molecule has 0 aliphatic rings. The van der Waals surface area contributed by atoms with Crippen molar-refractivity contribution in [3.63, 3.8) is 0 Å². The molecule has 1 heterocycles. The number of aromatic nitrogens is 1. The molecule has 12 heteroatoms. The predicted octanol–water partition coefficient (Wildman–Crippen LogP) is 3.75. The van der Waals surface area contributed by atoms with Crippen LogP contribution >= 0.6 is 0 Å². The van der Waals surface area contributed by atoms with Crippen molar-refractivity contribution in [2.24, 2.45) is 5.14 Å². The van der Waals surface area contributed by atoms with E-state index in [4.69, 9.17) is 9.66 Å². The van der Waals surface area contributed by atoms with Crippen LogP contribution < -0.4 is 5.14 Å². The standard InChI is InChI=1S/C18H13F5N2O4S/c1-8-4-9(2-3-11(8)18(21,22)23)17-16(14(7-26)29-25-17)10-5-13(20)15(6-12(10)19)30(24,27)28/h2-6,26H,7H2,1H3,(H2,24,27,28). The van der Waals surface area contributed by atoms with Gasteiger partial charge in [-0.3, -0.25) is 0 Å². The number of nitrogens with two attached hydrogens (primary N) is 1. The first-order valence-corrected chi connectivity index (χ1v) is 9.69. The van der Waals surface area contributed by atoms with Crippen LogP contribution in [0, 0.1) is 18.6 Å². The monoisotopic (exact) mass is 448 g/mol. The summed E-state index contributed by atoms with van der Waals surface area (Å²) in [5.74, 6) is -2.89. The molecule has 0 amide bonds. The average Bonchev–Trinajstić information content (AvgIpc) is 3.05. The Balaban J connectivity index is 2.24. The number of halogens is 5. The number of alkyl halides is 3. The molecular weight excluding hydrogens is 435 g/mol. The summed E-state index contributed by atoms with van der Waals surface area (Å²) in [7, 11) is -4.55. The van der Waals surface area contributed by atoms with E-state index in [2.05, 4.69) is 5.16 Å². The summed E-state index contributed by atoms with van der Waals surface area (Å²) in [5, 5.41) is 18.0. The van der Waals surface area contributed by atoms with Crippen LogP contribution in [0.1, 0.15) is 16.9 Å². The Kier molecular flexibility index (Phi) is 5.43. The molecule has 160 valence electrons. The zero-order valence-electron chi connectivity index (χ0n) is 15.1. The summed E-state index contributed by atoms with van der Waals surface area (Å²) in [6, 6.07) is 3.86. The van der Waals surface area contributed by atoms with Gasteiger partial charge in [-0.05, 0) is 36.8 Å². The molecule has 3 rings (SSSR count). The van der Waals surface area contributed by atoms with Gasteiger partial charge in [0.2, 0.25) is 10.0 Å². The van der Waals surface area contributed by atoms with Crippen LogP contribution in [0.4, 0.5) is 22.0 Å². The van der Waals surface area contributed by atoms with E-state index in [9.17, 15) is 35.5 Å². The van der Waals surface area contributed by atoms with Crippen molar-refractivity contribution in [2.75, 3.05) is 0 Å². The summed E-state index contributed by atoms with van der Waals surface area (Å²) in [4.78, 5) is -1.09. The molecule has 0 bridgehead atoms. The van der Waals surface area contributed by atoms with E-state index in [1.165, 1.54) is 6.92 Å². The molecule has 1 aromatic heterocycles. The number of hydrogen-bond acceptors (Lipinski definition) is 5. The van der Waals surface area contributed by atoms with Crippen molar-refractivity contribution in [3.8, 4) is 22.4 Å². The van der Waals surface area contributed by atoms with Gasteiger partial charge in [-0.15, -0.1) is 0 Å². The van der Waals surface area contributed by atoms with Crippen molar-refractivity contribution >= 4 is 10.0 Å². The Bertz CT molecular complexity index is 1240. The van der Waals surface area contributed by atoms with E-state index >= 15 is 0 Å². The summed E-state index contributed by atoms with van der Waals surface area (Å²) in [5.41, 5.74) is -1.90. The summed E-state index contributed by atoms with van der Waals surface area (Å²) in [6.07, 6.45) is -4.59. The lowest BCUT2D eigenvalue weighted by Crippen LogP contribution is -2.14. The second kappa shape index (κ2) is 7.45. The summed E-state index contributed by atoms with van der Waals surface area (Å²) in [6.45, 7) is 0.417. The molecule has 0 atom stereocenters. The van der Waals surface area contributed by atoms with Crippen LogP contribution in [0.25, 0.3) is 22.4 Å². The number of hydrogen-bond donors (Lipinski definition) is 2. The fraction of sp³-hybridized carbons (Fsp3) is 0.167. The Morgan fingerprint density at radius 3 is 2.33 bits per heavy atom. The lowest BCUT2D eigenvalue weighted by atomic mass is 9.96. The second-order valence-electron chi connectivity index (χ2n) is 6.32. The van der Waals surface area contributed by atoms with Gasteiger partial charge in [0, 0.05) is 11.1 Å². The van der Waals surface area contributed by atoms with Crippen LogP contribution in [0.15, 0.2) is 39.8 Å². The fourth-order valence-electron chi connectivity index (χ4n) is 2.97. The molecule has 0 fully saturated rings. The topological polar surface area (TPSA) is 106 Å². The van der Waals surface area contributed by atoms with E-state index in [0.29, 0.717) is 12.1 Å². The maximum absolute atomic E-state index is 14.6. The van der Waals surface area contributed by atoms with Crippen LogP contribution in [0.5, 0.6) is 0 Å². The zero-order valence-corrected chi connectivity index (χ0v) is 15.9. The molecule has 0 radical (unpaired) electrons. The number of nitrogens with zero attached hydrogens (tertiary/aromatic N) is 1. The lowest BCUT2D eigenvalue weighted by Gasteiger charge is -2.12. The third kappa shape index (κ3) is 3.93. The third-order valence-electron chi connectivity index (χ3n) is 4.31. The maximum Gasteiger partial charge on any atom is 0.416 e. The predicted molar refractivity (Wildman–Crippen MR) is 94.3 cm³/mol. The highest BCUT2D eigenvalue weighted by atomic mass is 32.2. The molecule has 0 unspecified atom stereocenters. The molecule has 3 N–H and O–H groups in total. The minimum Gasteiger partial charge on any atom is -0.388 e. The molecule has 0 aliphatic carbocycles. The molecular formula is C18H13F5N2O4S. The van der Waals surface area contributed by atoms with E-state index in [0.717, 1.165) is 18.2 Å². The smallest absolute Gasteiger partial charge is 0.388 e. The van der Waals surface area contributed by atoms with E-state index in [1.54, 1.807) is 0 Å². The van der Waals surface area contributed by atoms with Gasteiger partial charge < -0.3 is 9.63 Å². The molecule has 0 saturated heterocycles. The van der Waals surface area contributed by atoms with Gasteiger partial charge in [0.05, 0.1) is 11.1 Å². The molecule has 2 aromatic carbocycles. The van der Waals surface area contributed by atoms with Gasteiger partial charge in [0.25, 0.3) is 0 Å². The quantitative estimate of drug-likeness (QED) is 0.592. The van der Waals surface area contributed by atoms with Crippen LogP contribution in [-0.4, -0.2) is 18.7 Å². The highest BCUT2D eigenvalue weighted by Gasteiger charge is 2.33. The van der Waals surface area contributed by atoms with Crippen molar-refractivity contribution in [2.45, 2.75) is 24.6 Å². The Labute approximate surface area is 166 Å². The molecule has 0 spiro atoms. The fourth-order valence-corrected chi connectivity index (χ4v) is 3.57. The Morgan fingerprint density at radius 1 is 1.13 bits per heavy atom. The number of sulfonamides is 1. The minimum atomic E-state index is -4.59. The first-order chi connectivity index (χ1) is 13.8. The number of benzene rings is 2. The zero-order chi connectivity index (χ0) is 22.4. The molecule has 0 aliphatic heterocycles. The summed E-state index contributed by atoms with van der Waals surface area (Å²) >= 11 is 0. The van der Waals surface area contributed by atoms with Crippen molar-refractivity contribution in [3.05, 3.63) is 58.9 Å². The highest BCUT2D eigenvalue weighted by molar-refractivity contribution is 7.89. The summed E-state index contributed by atoms with van der Waals surface area (Å²) < 4.78 is 95.6. The van der Waals surface area contributed by atoms with Crippen LogP contribution in [0.3, 0.4) is 0 Å². The van der Waals surface area contributed by atoms with Crippen LogP contribution in [-0.2, 0) is 22.8 Å². The van der Waals surface area contributed by atoms with E-state index < -0.39 is 50.5 Å². The van der Waals surface area contributed by atoms with Crippen LogP contribution in [0.2, 0.25) is 0 Å². The van der Waals surface area contributed by atoms with Gasteiger partial charge in [-0.1, -0.05) is 11.2 Å². The van der Waals surface area contributed by atoms with Crippen molar-refractivity contribution in [1.82, 2.24) is 5.16 Å². The highest BCUT2D eigenvalue weighted by Crippen LogP contribution is 2.39. The van der Waals surface area contributed by atoms with Gasteiger partial charge >= 0.3 is 6.18 Å². The minimum absolute atomic E-state index is 0.0780. The Hall–Kier alpha value is -2.83. The van der Waals surface area contributed by atoms with E-state index in [1.807, 2.05) is 0 Å². The maximum atomic E-state index is 14.6. The Morgan fingerprint density at radius 2 is 1.80 bits per heavy atom. The number of aliphatic hydroxyl groups is 1. The van der Waals surface area contributed by atoms with Crippen molar-refractivity contribution in [1.29, 1.82) is 0 Å². The van der Waals surface area contributed by atoms with Gasteiger partial charge in [0.1, 0.15) is 28.8 Å². The normalized spacial score (nSPS) is 12.4. The third-order valence-corrected chi connectivity index (χ3v) is 5.23. The van der Waals surface area contributed by atoms with E-state index in [-0.39, 0.29) is 28.1 Å². The molecule has 3 aromatic rings. The molecule has 30 heavy (non-hydrogen) atoms. The number of rotatable bonds is 4. The molecule has 0 saturated carbocycles. The SMILES string of the molecule is Cc1cc(-c2noc(CO)c2-c2cc(F)c(S(N)(=O)=O)cc2F)ccc1C(F)(F)F. The second-order valence-corrected chi connectivity index (χ2v) is 7.85. The largest absolute Gasteiger partial charge is 0.416 e. The molecule has 6 nitrogen and oxygen atoms in total. The average molecular weight is 448 g/mol. The van der Waals surface area contributed by atoms with Gasteiger partial charge in [-0.25, -0.2) is 22.3 Å². The van der Waals surface area contributed by atoms with Crippen molar-refractivity contribution < 1.29 is 40.0 Å². The van der Waals surface area contributed by atoms with Gasteiger partial charge in [-0.2, -0.15) is 13.2 Å². The number of aryl methyl sites for hydroxylation is 1. The number of aliphatic hydroxyl groups excluding tert-OH is 1. The first kappa shape index (κ1) is 21.9. The van der Waals surface area contributed by atoms with Gasteiger partial charge in [0.15, 0.2) is 5.76 Å².